The van der Waals surface area contributed by atoms with Crippen molar-refractivity contribution in [2.24, 2.45) is 5.10 Å². The van der Waals surface area contributed by atoms with Gasteiger partial charge in [0.15, 0.2) is 11.0 Å². The highest BCUT2D eigenvalue weighted by molar-refractivity contribution is 7.99. The number of carbonyl (C=O) groups excluding carboxylic acids is 1. The molecule has 3 heterocycles. The highest BCUT2D eigenvalue weighted by Crippen LogP contribution is 2.34. The normalized spacial score (nSPS) is 15.1. The first-order valence-corrected chi connectivity index (χ1v) is 12.7. The van der Waals surface area contributed by atoms with Gasteiger partial charge in [0.2, 0.25) is 0 Å². The zero-order chi connectivity index (χ0) is 24.9. The summed E-state index contributed by atoms with van der Waals surface area (Å²) in [4.78, 5) is 17.6. The molecule has 8 nitrogen and oxygen atoms in total. The van der Waals surface area contributed by atoms with E-state index < -0.39 is 0 Å². The lowest BCUT2D eigenvalue weighted by molar-refractivity contribution is -0.130. The van der Waals surface area contributed by atoms with Crippen molar-refractivity contribution in [3.8, 4) is 17.1 Å². The Balaban J connectivity index is 1.38. The number of pyridine rings is 1. The van der Waals surface area contributed by atoms with E-state index in [-0.39, 0.29) is 17.7 Å². The third-order valence-electron chi connectivity index (χ3n) is 6.07. The molecule has 9 heteroatoms. The van der Waals surface area contributed by atoms with E-state index in [1.807, 2.05) is 78.2 Å². The van der Waals surface area contributed by atoms with Gasteiger partial charge in [-0.15, -0.1) is 10.2 Å². The molecule has 1 atom stereocenters. The summed E-state index contributed by atoms with van der Waals surface area (Å²) in [5.74, 6) is 1.66. The third-order valence-corrected chi connectivity index (χ3v) is 7.02. The summed E-state index contributed by atoms with van der Waals surface area (Å²) in [6.45, 7) is 2.73. The number of carbonyl (C=O) groups is 1. The quantitative estimate of drug-likeness (QED) is 0.323. The molecule has 5 rings (SSSR count). The third kappa shape index (κ3) is 4.87. The average molecular weight is 499 g/mol. The lowest BCUT2D eigenvalue weighted by Crippen LogP contribution is -2.28. The molecule has 0 bridgehead atoms. The second-order valence-electron chi connectivity index (χ2n) is 8.22. The monoisotopic (exact) mass is 498 g/mol. The van der Waals surface area contributed by atoms with Gasteiger partial charge in [0.25, 0.3) is 5.91 Å². The Morgan fingerprint density at radius 1 is 1.00 bits per heavy atom. The number of amides is 1. The van der Waals surface area contributed by atoms with Gasteiger partial charge in [0.1, 0.15) is 5.75 Å². The molecule has 0 aliphatic carbocycles. The number of methoxy groups -OCH3 is 1. The standard InChI is InChI=1S/C27H26N6O2S/c1-3-32-26(21-13-15-28-16-14-21)29-30-27(32)36-18-25(34)33-24(20-9-11-22(35-2)12-10-20)17-23(31-33)19-7-5-4-6-8-19/h4-16,24H,3,17-18H2,1-2H3/t24-/m1/s1. The van der Waals surface area contributed by atoms with Gasteiger partial charge in [-0.25, -0.2) is 5.01 Å². The van der Waals surface area contributed by atoms with Gasteiger partial charge in [-0.2, -0.15) is 5.10 Å². The Kier molecular flexibility index (Phi) is 7.08. The van der Waals surface area contributed by atoms with Crippen LogP contribution in [0.25, 0.3) is 11.4 Å². The first kappa shape index (κ1) is 23.7. The Bertz CT molecular complexity index is 1360. The summed E-state index contributed by atoms with van der Waals surface area (Å²) in [6.07, 6.45) is 4.11. The minimum atomic E-state index is -0.185. The fourth-order valence-electron chi connectivity index (χ4n) is 4.22. The van der Waals surface area contributed by atoms with Gasteiger partial charge < -0.3 is 9.30 Å². The summed E-state index contributed by atoms with van der Waals surface area (Å²) in [5.41, 5.74) is 3.87. The molecule has 2 aromatic heterocycles. The lowest BCUT2D eigenvalue weighted by Gasteiger charge is -2.22. The second-order valence-corrected chi connectivity index (χ2v) is 9.16. The molecule has 0 unspecified atom stereocenters. The van der Waals surface area contributed by atoms with E-state index in [1.54, 1.807) is 24.5 Å². The molecule has 4 aromatic rings. The zero-order valence-corrected chi connectivity index (χ0v) is 20.9. The number of hydrogen-bond donors (Lipinski definition) is 0. The second kappa shape index (κ2) is 10.7. The van der Waals surface area contributed by atoms with Crippen molar-refractivity contribution in [3.05, 3.63) is 90.3 Å². The molecule has 0 radical (unpaired) electrons. The predicted molar refractivity (Wildman–Crippen MR) is 140 cm³/mol. The highest BCUT2D eigenvalue weighted by atomic mass is 32.2. The molecule has 1 aliphatic heterocycles. The average Bonchev–Trinajstić information content (AvgIpc) is 3.57. The van der Waals surface area contributed by atoms with Crippen LogP contribution in [0.15, 0.2) is 89.4 Å². The smallest absolute Gasteiger partial charge is 0.253 e. The molecular formula is C27H26N6O2S. The van der Waals surface area contributed by atoms with Crippen molar-refractivity contribution >= 4 is 23.4 Å². The Hall–Kier alpha value is -3.98. The Labute approximate surface area is 214 Å². The van der Waals surface area contributed by atoms with Gasteiger partial charge in [-0.3, -0.25) is 9.78 Å². The van der Waals surface area contributed by atoms with Crippen LogP contribution in [0.2, 0.25) is 0 Å². The van der Waals surface area contributed by atoms with Crippen LogP contribution in [-0.2, 0) is 11.3 Å². The number of aromatic nitrogens is 4. The summed E-state index contributed by atoms with van der Waals surface area (Å²) in [5, 5.41) is 15.8. The van der Waals surface area contributed by atoms with Crippen LogP contribution in [0.1, 0.15) is 30.5 Å². The summed E-state index contributed by atoms with van der Waals surface area (Å²) in [7, 11) is 1.64. The number of hydrogen-bond acceptors (Lipinski definition) is 7. The van der Waals surface area contributed by atoms with Crippen LogP contribution in [0, 0.1) is 0 Å². The van der Waals surface area contributed by atoms with Crippen LogP contribution in [0.3, 0.4) is 0 Å². The van der Waals surface area contributed by atoms with Crippen LogP contribution in [-0.4, -0.2) is 49.2 Å². The number of thioether (sulfide) groups is 1. The minimum Gasteiger partial charge on any atom is -0.497 e. The first-order valence-electron chi connectivity index (χ1n) is 11.7. The number of rotatable bonds is 8. The van der Waals surface area contributed by atoms with E-state index in [0.29, 0.717) is 18.1 Å². The maximum absolute atomic E-state index is 13.5. The van der Waals surface area contributed by atoms with Gasteiger partial charge >= 0.3 is 0 Å². The van der Waals surface area contributed by atoms with Crippen molar-refractivity contribution in [1.82, 2.24) is 24.8 Å². The van der Waals surface area contributed by atoms with Crippen molar-refractivity contribution in [2.75, 3.05) is 12.9 Å². The molecule has 1 aliphatic rings. The fourth-order valence-corrected chi connectivity index (χ4v) is 5.07. The topological polar surface area (TPSA) is 85.5 Å². The van der Waals surface area contributed by atoms with Crippen LogP contribution < -0.4 is 4.74 Å². The van der Waals surface area contributed by atoms with E-state index in [4.69, 9.17) is 9.84 Å². The van der Waals surface area contributed by atoms with E-state index >= 15 is 0 Å². The number of benzene rings is 2. The molecule has 0 saturated heterocycles. The fraction of sp³-hybridized carbons (Fsp3) is 0.222. The van der Waals surface area contributed by atoms with E-state index in [1.165, 1.54) is 11.8 Å². The SMILES string of the molecule is CCn1c(SCC(=O)N2N=C(c3ccccc3)C[C@@H]2c2ccc(OC)cc2)nnc1-c1ccncc1. The van der Waals surface area contributed by atoms with Crippen molar-refractivity contribution in [3.63, 3.8) is 0 Å². The van der Waals surface area contributed by atoms with E-state index in [2.05, 4.69) is 15.2 Å². The maximum Gasteiger partial charge on any atom is 0.253 e. The zero-order valence-electron chi connectivity index (χ0n) is 20.1. The largest absolute Gasteiger partial charge is 0.497 e. The van der Waals surface area contributed by atoms with E-state index in [0.717, 1.165) is 34.0 Å². The number of ether oxygens (including phenoxy) is 1. The van der Waals surface area contributed by atoms with Crippen molar-refractivity contribution in [1.29, 1.82) is 0 Å². The molecule has 36 heavy (non-hydrogen) atoms. The molecule has 1 amide bonds. The summed E-state index contributed by atoms with van der Waals surface area (Å²) < 4.78 is 7.32. The van der Waals surface area contributed by atoms with Gasteiger partial charge in [-0.1, -0.05) is 54.2 Å². The first-order chi connectivity index (χ1) is 17.7. The maximum atomic E-state index is 13.5. The van der Waals surface area contributed by atoms with Crippen LogP contribution in [0.4, 0.5) is 0 Å². The summed E-state index contributed by atoms with van der Waals surface area (Å²) in [6, 6.07) is 21.4. The van der Waals surface area contributed by atoms with Gasteiger partial charge in [-0.05, 0) is 42.3 Å². The molecule has 0 N–H and O–H groups in total. The lowest BCUT2D eigenvalue weighted by atomic mass is 9.98. The van der Waals surface area contributed by atoms with Crippen molar-refractivity contribution in [2.45, 2.75) is 31.1 Å². The minimum absolute atomic E-state index is 0.0807. The van der Waals surface area contributed by atoms with Gasteiger partial charge in [0, 0.05) is 30.9 Å². The van der Waals surface area contributed by atoms with Crippen LogP contribution in [0.5, 0.6) is 5.75 Å². The van der Waals surface area contributed by atoms with E-state index in [9.17, 15) is 4.79 Å². The number of nitrogens with zero attached hydrogens (tertiary/aromatic N) is 6. The highest BCUT2D eigenvalue weighted by Gasteiger charge is 2.33. The Morgan fingerprint density at radius 2 is 1.75 bits per heavy atom. The molecule has 0 spiro atoms. The predicted octanol–water partition coefficient (Wildman–Crippen LogP) is 4.84. The van der Waals surface area contributed by atoms with Crippen molar-refractivity contribution < 1.29 is 9.53 Å². The summed E-state index contributed by atoms with van der Waals surface area (Å²) >= 11 is 1.38. The molecule has 0 fully saturated rings. The molecule has 182 valence electrons. The molecule has 2 aromatic carbocycles. The molecule has 0 saturated carbocycles. The van der Waals surface area contributed by atoms with Gasteiger partial charge in [0.05, 0.1) is 24.6 Å². The van der Waals surface area contributed by atoms with Crippen LogP contribution >= 0.6 is 11.8 Å². The Morgan fingerprint density at radius 3 is 2.44 bits per heavy atom. The number of hydrazone groups is 1. The molecular weight excluding hydrogens is 472 g/mol.